The second kappa shape index (κ2) is 4.65. The highest BCUT2D eigenvalue weighted by molar-refractivity contribution is 5.71. The summed E-state index contributed by atoms with van der Waals surface area (Å²) >= 11 is 0. The van der Waals surface area contributed by atoms with Crippen LogP contribution in [0, 0.1) is 0 Å². The van der Waals surface area contributed by atoms with E-state index in [1.807, 2.05) is 0 Å². The van der Waals surface area contributed by atoms with Crippen molar-refractivity contribution in [1.29, 1.82) is 0 Å². The predicted octanol–water partition coefficient (Wildman–Crippen LogP) is 2.99. The van der Waals surface area contributed by atoms with Crippen molar-refractivity contribution in [3.63, 3.8) is 0 Å². The highest BCUT2D eigenvalue weighted by Crippen LogP contribution is 2.55. The van der Waals surface area contributed by atoms with E-state index in [0.717, 1.165) is 18.4 Å². The molecule has 1 unspecified atom stereocenters. The summed E-state index contributed by atoms with van der Waals surface area (Å²) in [4.78, 5) is 11.0. The van der Waals surface area contributed by atoms with Crippen LogP contribution in [0.25, 0.3) is 0 Å². The summed E-state index contributed by atoms with van der Waals surface area (Å²) in [7, 11) is 0. The number of aliphatic carboxylic acids is 1. The van der Waals surface area contributed by atoms with Gasteiger partial charge in [0, 0.05) is 5.41 Å². The maximum atomic E-state index is 13.9. The van der Waals surface area contributed by atoms with Crippen LogP contribution in [-0.2, 0) is 10.2 Å². The number of carboxylic acid groups (broad SMARTS) is 1. The van der Waals surface area contributed by atoms with Crippen LogP contribution < -0.4 is 9.47 Å². The van der Waals surface area contributed by atoms with Crippen molar-refractivity contribution in [2.75, 3.05) is 13.2 Å². The number of hydrogen-bond donors (Lipinski definition) is 1. The fourth-order valence-electron chi connectivity index (χ4n) is 2.87. The molecule has 0 amide bonds. The molecule has 0 radical (unpaired) electrons. The van der Waals surface area contributed by atoms with Gasteiger partial charge in [-0.05, 0) is 43.0 Å². The zero-order valence-corrected chi connectivity index (χ0v) is 11.3. The quantitative estimate of drug-likeness (QED) is 0.921. The van der Waals surface area contributed by atoms with Crippen LogP contribution in [0.3, 0.4) is 0 Å². The summed E-state index contributed by atoms with van der Waals surface area (Å²) in [6.45, 7) is 2.38. The fraction of sp³-hybridized carbons (Fsp3) is 0.533. The van der Waals surface area contributed by atoms with Crippen LogP contribution in [-0.4, -0.2) is 24.3 Å². The van der Waals surface area contributed by atoms with Crippen molar-refractivity contribution in [2.24, 2.45) is 0 Å². The smallest absolute Gasteiger partial charge is 0.304 e. The van der Waals surface area contributed by atoms with Crippen LogP contribution in [0.2, 0.25) is 0 Å². The lowest BCUT2D eigenvalue weighted by Crippen LogP contribution is -2.19. The number of carbonyl (C=O) groups is 1. The Morgan fingerprint density at radius 2 is 1.95 bits per heavy atom. The van der Waals surface area contributed by atoms with Gasteiger partial charge in [-0.1, -0.05) is 0 Å². The van der Waals surface area contributed by atoms with E-state index in [9.17, 15) is 9.18 Å². The minimum atomic E-state index is -1.16. The number of benzene rings is 1. The number of halogens is 1. The molecule has 1 aromatic carbocycles. The van der Waals surface area contributed by atoms with Gasteiger partial charge < -0.3 is 14.6 Å². The van der Waals surface area contributed by atoms with Gasteiger partial charge in [0.1, 0.15) is 19.4 Å². The first-order valence-electron chi connectivity index (χ1n) is 6.82. The third kappa shape index (κ3) is 2.21. The molecule has 1 fully saturated rings. The molecule has 0 spiro atoms. The van der Waals surface area contributed by atoms with Crippen LogP contribution in [0.5, 0.6) is 11.5 Å². The molecule has 1 aliphatic heterocycles. The Morgan fingerprint density at radius 1 is 1.35 bits per heavy atom. The maximum absolute atomic E-state index is 13.9. The Morgan fingerprint density at radius 3 is 2.45 bits per heavy atom. The molecule has 0 bridgehead atoms. The molecule has 3 rings (SSSR count). The largest absolute Gasteiger partial charge is 0.486 e. The summed E-state index contributed by atoms with van der Waals surface area (Å²) < 4.78 is 24.9. The van der Waals surface area contributed by atoms with Crippen LogP contribution in [0.1, 0.15) is 43.5 Å². The van der Waals surface area contributed by atoms with Crippen molar-refractivity contribution in [2.45, 2.75) is 37.8 Å². The first-order valence-corrected chi connectivity index (χ1v) is 6.82. The first-order chi connectivity index (χ1) is 9.52. The molecule has 2 aliphatic rings. The van der Waals surface area contributed by atoms with Crippen molar-refractivity contribution in [1.82, 2.24) is 0 Å². The summed E-state index contributed by atoms with van der Waals surface area (Å²) in [5.74, 6) is 0.285. The van der Waals surface area contributed by atoms with Crippen molar-refractivity contribution in [3.8, 4) is 11.5 Å². The van der Waals surface area contributed by atoms with Crippen molar-refractivity contribution < 1.29 is 23.8 Å². The van der Waals surface area contributed by atoms with Gasteiger partial charge in [-0.25, -0.2) is 4.39 Å². The zero-order valence-electron chi connectivity index (χ0n) is 11.3. The van der Waals surface area contributed by atoms with E-state index in [1.54, 1.807) is 12.1 Å². The lowest BCUT2D eigenvalue weighted by atomic mass is 9.86. The van der Waals surface area contributed by atoms with E-state index in [2.05, 4.69) is 0 Å². The Hall–Kier alpha value is -1.78. The van der Waals surface area contributed by atoms with E-state index >= 15 is 0 Å². The van der Waals surface area contributed by atoms with E-state index in [4.69, 9.17) is 14.6 Å². The minimum absolute atomic E-state index is 0.0341. The highest BCUT2D eigenvalue weighted by atomic mass is 19.1. The molecule has 5 heteroatoms. The van der Waals surface area contributed by atoms with Crippen LogP contribution >= 0.6 is 0 Å². The number of rotatable bonds is 4. The van der Waals surface area contributed by atoms with Crippen LogP contribution in [0.4, 0.5) is 4.39 Å². The summed E-state index contributed by atoms with van der Waals surface area (Å²) in [5, 5.41) is 9.07. The summed E-state index contributed by atoms with van der Waals surface area (Å²) in [5.41, 5.74) is 0.851. The highest BCUT2D eigenvalue weighted by Gasteiger charge is 2.48. The SMILES string of the molecule is CC(F)c1cc2c(cc1C1(CC(=O)O)CC1)OCCO2. The molecule has 4 nitrogen and oxygen atoms in total. The third-order valence-electron chi connectivity index (χ3n) is 4.06. The van der Waals surface area contributed by atoms with Gasteiger partial charge in [-0.15, -0.1) is 0 Å². The second-order valence-corrected chi connectivity index (χ2v) is 5.55. The van der Waals surface area contributed by atoms with Gasteiger partial charge in [0.2, 0.25) is 0 Å². The Kier molecular flexibility index (Phi) is 3.07. The monoisotopic (exact) mass is 280 g/mol. The Labute approximate surface area is 116 Å². The zero-order chi connectivity index (χ0) is 14.3. The number of carboxylic acids is 1. The molecule has 0 aromatic heterocycles. The van der Waals surface area contributed by atoms with E-state index in [1.165, 1.54) is 6.92 Å². The number of alkyl halides is 1. The topological polar surface area (TPSA) is 55.8 Å². The van der Waals surface area contributed by atoms with Gasteiger partial charge in [-0.2, -0.15) is 0 Å². The van der Waals surface area contributed by atoms with Gasteiger partial charge in [0.15, 0.2) is 11.5 Å². The van der Waals surface area contributed by atoms with Gasteiger partial charge in [0.05, 0.1) is 6.42 Å². The van der Waals surface area contributed by atoms with Gasteiger partial charge >= 0.3 is 5.97 Å². The fourth-order valence-corrected chi connectivity index (χ4v) is 2.87. The third-order valence-corrected chi connectivity index (χ3v) is 4.06. The van der Waals surface area contributed by atoms with Gasteiger partial charge in [-0.3, -0.25) is 4.79 Å². The maximum Gasteiger partial charge on any atom is 0.304 e. The molecular weight excluding hydrogens is 263 g/mol. The number of hydrogen-bond acceptors (Lipinski definition) is 3. The average molecular weight is 280 g/mol. The van der Waals surface area contributed by atoms with Crippen LogP contribution in [0.15, 0.2) is 12.1 Å². The summed E-state index contributed by atoms with van der Waals surface area (Å²) in [6.07, 6.45) is 0.427. The molecule has 1 atom stereocenters. The second-order valence-electron chi connectivity index (χ2n) is 5.55. The molecule has 20 heavy (non-hydrogen) atoms. The molecule has 1 heterocycles. The number of fused-ring (bicyclic) bond motifs is 1. The van der Waals surface area contributed by atoms with Crippen molar-refractivity contribution in [3.05, 3.63) is 23.3 Å². The molecule has 108 valence electrons. The molecule has 1 saturated carbocycles. The predicted molar refractivity (Wildman–Crippen MR) is 70.1 cm³/mol. The first kappa shape index (κ1) is 13.2. The van der Waals surface area contributed by atoms with Crippen molar-refractivity contribution >= 4 is 5.97 Å². The minimum Gasteiger partial charge on any atom is -0.486 e. The molecule has 1 N–H and O–H groups in total. The molecule has 0 saturated heterocycles. The lowest BCUT2D eigenvalue weighted by molar-refractivity contribution is -0.137. The molecule has 1 aliphatic carbocycles. The summed E-state index contributed by atoms with van der Waals surface area (Å²) in [6, 6.07) is 3.44. The van der Waals surface area contributed by atoms with E-state index < -0.39 is 17.6 Å². The normalized spacial score (nSPS) is 20.3. The average Bonchev–Trinajstić information content (AvgIpc) is 3.17. The molecule has 1 aromatic rings. The Bertz CT molecular complexity index is 549. The molecular formula is C15H17FO4. The van der Waals surface area contributed by atoms with Gasteiger partial charge in [0.25, 0.3) is 0 Å². The lowest BCUT2D eigenvalue weighted by Gasteiger charge is -2.25. The Balaban J connectivity index is 2.06. The van der Waals surface area contributed by atoms with E-state index in [0.29, 0.717) is 30.3 Å². The standard InChI is InChI=1S/C15H17FO4/c1-9(16)10-6-12-13(20-5-4-19-12)7-11(10)15(2-3-15)8-14(17)18/h6-7,9H,2-5,8H2,1H3,(H,17,18). The van der Waals surface area contributed by atoms with E-state index in [-0.39, 0.29) is 6.42 Å². The number of ether oxygens (including phenoxy) is 2.